The van der Waals surface area contributed by atoms with Crippen LogP contribution in [0.15, 0.2) is 60.9 Å². The second-order valence-electron chi connectivity index (χ2n) is 9.22. The number of carbonyl (C=O) groups is 1. The van der Waals surface area contributed by atoms with Gasteiger partial charge in [0.15, 0.2) is 0 Å². The van der Waals surface area contributed by atoms with Gasteiger partial charge in [-0.25, -0.2) is 14.8 Å². The minimum atomic E-state index is -0.132. The summed E-state index contributed by atoms with van der Waals surface area (Å²) in [4.78, 5) is 26.9. The quantitative estimate of drug-likeness (QED) is 0.332. The fraction of sp³-hybridized carbons (Fsp3) is 0.269. The van der Waals surface area contributed by atoms with E-state index >= 15 is 0 Å². The number of halogens is 3. The lowest BCUT2D eigenvalue weighted by Gasteiger charge is -2.41. The summed E-state index contributed by atoms with van der Waals surface area (Å²) >= 11 is 18.5. The Morgan fingerprint density at radius 3 is 2.50 bits per heavy atom. The van der Waals surface area contributed by atoms with Crippen molar-refractivity contribution in [3.8, 4) is 11.3 Å². The minimum Gasteiger partial charge on any atom is -0.316 e. The second-order valence-corrected chi connectivity index (χ2v) is 10.4. The lowest BCUT2D eigenvalue weighted by molar-refractivity contribution is 0.0894. The van der Waals surface area contributed by atoms with Crippen LogP contribution in [0.5, 0.6) is 0 Å². The number of fused-ring (bicyclic) bond motifs is 3. The van der Waals surface area contributed by atoms with Crippen molar-refractivity contribution in [2.24, 2.45) is 0 Å². The van der Waals surface area contributed by atoms with Gasteiger partial charge in [0.25, 0.3) is 0 Å². The van der Waals surface area contributed by atoms with Gasteiger partial charge in [-0.2, -0.15) is 0 Å². The zero-order valence-electron chi connectivity index (χ0n) is 19.2. The largest absolute Gasteiger partial charge is 0.322 e. The van der Waals surface area contributed by atoms with E-state index in [1.165, 1.54) is 0 Å². The third-order valence-corrected chi connectivity index (χ3v) is 8.05. The van der Waals surface area contributed by atoms with E-state index in [2.05, 4.69) is 15.2 Å². The lowest BCUT2D eigenvalue weighted by Crippen LogP contribution is -2.56. The molecule has 2 saturated heterocycles. The van der Waals surface area contributed by atoms with Crippen LogP contribution in [0.1, 0.15) is 18.5 Å². The Balaban J connectivity index is 1.23. The normalized spacial score (nSPS) is 19.7. The highest BCUT2D eigenvalue weighted by Crippen LogP contribution is 2.35. The van der Waals surface area contributed by atoms with Gasteiger partial charge in [-0.3, -0.25) is 9.30 Å². The molecule has 2 amide bonds. The highest BCUT2D eigenvalue weighted by atomic mass is 35.5. The van der Waals surface area contributed by atoms with Crippen LogP contribution in [0.2, 0.25) is 15.1 Å². The molecule has 4 heterocycles. The maximum absolute atomic E-state index is 13.2. The SMILES string of the molecule is O=C(Nc1cccc(Cl)c1Cl)N1C2CCC1CN(Cc1c(-c3ccc(Cl)cc3)nc3ncccn13)C2. The number of hydrogen-bond acceptors (Lipinski definition) is 4. The van der Waals surface area contributed by atoms with E-state index in [9.17, 15) is 4.79 Å². The summed E-state index contributed by atoms with van der Waals surface area (Å²) in [7, 11) is 0. The van der Waals surface area contributed by atoms with Crippen LogP contribution in [-0.2, 0) is 6.54 Å². The number of nitrogens with zero attached hydrogens (tertiary/aromatic N) is 5. The van der Waals surface area contributed by atoms with Crippen molar-refractivity contribution in [3.05, 3.63) is 81.7 Å². The summed E-state index contributed by atoms with van der Waals surface area (Å²) < 4.78 is 2.05. The maximum Gasteiger partial charge on any atom is 0.322 e. The van der Waals surface area contributed by atoms with Gasteiger partial charge in [0, 0.05) is 54.7 Å². The molecular formula is C26H23Cl3N6O. The highest BCUT2D eigenvalue weighted by molar-refractivity contribution is 6.44. The van der Waals surface area contributed by atoms with Gasteiger partial charge < -0.3 is 10.2 Å². The van der Waals surface area contributed by atoms with E-state index in [0.717, 1.165) is 42.9 Å². The number of imidazole rings is 1. The first-order valence-electron chi connectivity index (χ1n) is 11.8. The predicted molar refractivity (Wildman–Crippen MR) is 143 cm³/mol. The summed E-state index contributed by atoms with van der Waals surface area (Å²) in [6.45, 7) is 2.26. The van der Waals surface area contributed by atoms with Crippen LogP contribution in [-0.4, -0.2) is 55.4 Å². The second kappa shape index (κ2) is 9.56. The number of piperazine rings is 1. The molecule has 6 rings (SSSR count). The van der Waals surface area contributed by atoms with E-state index in [1.54, 1.807) is 24.4 Å². The third kappa shape index (κ3) is 4.30. The number of benzene rings is 2. The number of urea groups is 1. The zero-order valence-corrected chi connectivity index (χ0v) is 21.5. The van der Waals surface area contributed by atoms with Crippen molar-refractivity contribution >= 4 is 52.3 Å². The van der Waals surface area contributed by atoms with Crippen LogP contribution in [0, 0.1) is 0 Å². The molecule has 0 saturated carbocycles. The van der Waals surface area contributed by atoms with E-state index in [-0.39, 0.29) is 18.1 Å². The van der Waals surface area contributed by atoms with Crippen LogP contribution in [0.25, 0.3) is 17.0 Å². The zero-order chi connectivity index (χ0) is 24.8. The average molecular weight is 542 g/mol. The van der Waals surface area contributed by atoms with Gasteiger partial charge in [-0.05, 0) is 43.2 Å². The summed E-state index contributed by atoms with van der Waals surface area (Å²) in [5, 5.41) is 4.42. The molecule has 2 aromatic carbocycles. The number of likely N-dealkylation sites (tertiary alicyclic amines) is 1. The fourth-order valence-corrected chi connectivity index (χ4v) is 5.84. The highest BCUT2D eigenvalue weighted by Gasteiger charge is 2.43. The molecule has 184 valence electrons. The Kier molecular flexibility index (Phi) is 6.25. The molecular weight excluding hydrogens is 519 g/mol. The van der Waals surface area contributed by atoms with Gasteiger partial charge in [-0.15, -0.1) is 0 Å². The Hall–Kier alpha value is -2.84. The first kappa shape index (κ1) is 23.6. The standard InChI is InChI=1S/C26H23Cl3N6O/c27-17-7-5-16(6-8-17)24-22(34-12-2-11-30-25(34)32-24)15-33-13-18-9-10-19(14-33)35(18)26(36)31-21-4-1-3-20(28)23(21)29/h1-8,11-12,18-19H,9-10,13-15H2,(H,31,36). The average Bonchev–Trinajstić information content (AvgIpc) is 3.37. The number of amides is 2. The molecule has 4 aromatic rings. The Labute approximate surface area is 223 Å². The third-order valence-electron chi connectivity index (χ3n) is 6.98. The summed E-state index contributed by atoms with van der Waals surface area (Å²) in [6.07, 6.45) is 5.69. The molecule has 2 aromatic heterocycles. The topological polar surface area (TPSA) is 65.8 Å². The van der Waals surface area contributed by atoms with E-state index in [0.29, 0.717) is 33.1 Å². The molecule has 2 unspecified atom stereocenters. The van der Waals surface area contributed by atoms with Gasteiger partial charge in [0.05, 0.1) is 27.1 Å². The molecule has 2 aliphatic heterocycles. The molecule has 0 radical (unpaired) electrons. The smallest absolute Gasteiger partial charge is 0.316 e. The number of anilines is 1. The molecule has 2 fully saturated rings. The molecule has 2 aliphatic rings. The molecule has 10 heteroatoms. The summed E-state index contributed by atoms with van der Waals surface area (Å²) in [6, 6.07) is 15.0. The number of nitrogens with one attached hydrogen (secondary N) is 1. The maximum atomic E-state index is 13.2. The molecule has 36 heavy (non-hydrogen) atoms. The van der Waals surface area contributed by atoms with Crippen molar-refractivity contribution in [2.45, 2.75) is 31.5 Å². The number of hydrogen-bond donors (Lipinski definition) is 1. The molecule has 0 spiro atoms. The predicted octanol–water partition coefficient (Wildman–Crippen LogP) is 6.24. The monoisotopic (exact) mass is 540 g/mol. The summed E-state index contributed by atoms with van der Waals surface area (Å²) in [5.74, 6) is 0.664. The van der Waals surface area contributed by atoms with Crippen LogP contribution in [0.3, 0.4) is 0 Å². The van der Waals surface area contributed by atoms with E-state index in [1.807, 2.05) is 45.8 Å². The lowest BCUT2D eigenvalue weighted by atomic mass is 10.1. The molecule has 2 bridgehead atoms. The van der Waals surface area contributed by atoms with Gasteiger partial charge in [0.2, 0.25) is 5.78 Å². The Morgan fingerprint density at radius 1 is 1.00 bits per heavy atom. The molecule has 2 atom stereocenters. The number of rotatable bonds is 4. The van der Waals surface area contributed by atoms with E-state index < -0.39 is 0 Å². The molecule has 1 N–H and O–H groups in total. The van der Waals surface area contributed by atoms with Crippen molar-refractivity contribution in [1.29, 1.82) is 0 Å². The number of carbonyl (C=O) groups excluding carboxylic acids is 1. The molecule has 0 aliphatic carbocycles. The van der Waals surface area contributed by atoms with Crippen LogP contribution in [0.4, 0.5) is 10.5 Å². The van der Waals surface area contributed by atoms with Gasteiger partial charge in [0.1, 0.15) is 0 Å². The summed E-state index contributed by atoms with van der Waals surface area (Å²) in [5.41, 5.74) is 3.50. The van der Waals surface area contributed by atoms with Crippen molar-refractivity contribution in [2.75, 3.05) is 18.4 Å². The van der Waals surface area contributed by atoms with Crippen molar-refractivity contribution in [3.63, 3.8) is 0 Å². The van der Waals surface area contributed by atoms with E-state index in [4.69, 9.17) is 39.8 Å². The fourth-order valence-electron chi connectivity index (χ4n) is 5.37. The van der Waals surface area contributed by atoms with Gasteiger partial charge >= 0.3 is 6.03 Å². The van der Waals surface area contributed by atoms with Crippen molar-refractivity contribution < 1.29 is 4.79 Å². The minimum absolute atomic E-state index is 0.123. The first-order valence-corrected chi connectivity index (χ1v) is 12.9. The van der Waals surface area contributed by atoms with Crippen LogP contribution < -0.4 is 5.32 Å². The van der Waals surface area contributed by atoms with Gasteiger partial charge in [-0.1, -0.05) is 53.0 Å². The number of aromatic nitrogens is 3. The first-order chi connectivity index (χ1) is 17.5. The Bertz CT molecular complexity index is 1430. The Morgan fingerprint density at radius 2 is 1.75 bits per heavy atom. The molecule has 7 nitrogen and oxygen atoms in total. The van der Waals surface area contributed by atoms with Crippen molar-refractivity contribution in [1.82, 2.24) is 24.2 Å². The van der Waals surface area contributed by atoms with Crippen LogP contribution >= 0.6 is 34.8 Å².